The van der Waals surface area contributed by atoms with Gasteiger partial charge in [0.1, 0.15) is 16.5 Å². The van der Waals surface area contributed by atoms with Crippen LogP contribution < -0.4 is 10.1 Å². The number of amides is 2. The van der Waals surface area contributed by atoms with Crippen molar-refractivity contribution in [2.45, 2.75) is 6.42 Å². The summed E-state index contributed by atoms with van der Waals surface area (Å²) in [5, 5.41) is 3.50. The monoisotopic (exact) mass is 378 g/mol. The lowest BCUT2D eigenvalue weighted by Crippen LogP contribution is -2.34. The number of hydrogen-bond acceptors (Lipinski definition) is 3. The van der Waals surface area contributed by atoms with Gasteiger partial charge in [0, 0.05) is 31.6 Å². The molecule has 5 nitrogen and oxygen atoms in total. The van der Waals surface area contributed by atoms with E-state index in [0.29, 0.717) is 53.2 Å². The number of benzene rings is 2. The number of rotatable bonds is 3. The van der Waals surface area contributed by atoms with Crippen LogP contribution in [0, 0.1) is 0 Å². The van der Waals surface area contributed by atoms with Crippen LogP contribution in [-0.4, -0.2) is 36.3 Å². The molecule has 1 aliphatic heterocycles. The van der Waals surface area contributed by atoms with Gasteiger partial charge >= 0.3 is 0 Å². The molecule has 130 valence electrons. The van der Waals surface area contributed by atoms with Gasteiger partial charge in [0.05, 0.1) is 5.02 Å². The van der Waals surface area contributed by atoms with E-state index in [1.807, 2.05) is 0 Å². The first kappa shape index (κ1) is 17.6. The molecule has 0 unspecified atom stereocenters. The molecule has 0 radical (unpaired) electrons. The second-order valence-corrected chi connectivity index (χ2v) is 6.36. The van der Waals surface area contributed by atoms with Crippen LogP contribution in [0.1, 0.15) is 16.8 Å². The summed E-state index contributed by atoms with van der Waals surface area (Å²) in [7, 11) is 0. The molecule has 1 aliphatic rings. The highest BCUT2D eigenvalue weighted by molar-refractivity contribution is 6.42. The second kappa shape index (κ2) is 7.76. The first-order chi connectivity index (χ1) is 12.0. The van der Waals surface area contributed by atoms with Gasteiger partial charge in [0.2, 0.25) is 5.91 Å². The third kappa shape index (κ3) is 4.24. The maximum Gasteiger partial charge on any atom is 0.253 e. The average Bonchev–Trinajstić information content (AvgIpc) is 2.84. The summed E-state index contributed by atoms with van der Waals surface area (Å²) >= 11 is 12.1. The predicted octanol–water partition coefficient (Wildman–Crippen LogP) is 3.75. The summed E-state index contributed by atoms with van der Waals surface area (Å²) in [6.45, 7) is 1.39. The van der Waals surface area contributed by atoms with E-state index >= 15 is 0 Å². The van der Waals surface area contributed by atoms with Gasteiger partial charge in [-0.25, -0.2) is 0 Å². The van der Waals surface area contributed by atoms with Gasteiger partial charge in [-0.05, 0) is 36.4 Å². The van der Waals surface area contributed by atoms with Crippen LogP contribution in [0.15, 0.2) is 42.5 Å². The van der Waals surface area contributed by atoms with Crippen LogP contribution >= 0.6 is 23.2 Å². The quantitative estimate of drug-likeness (QED) is 0.884. The Morgan fingerprint density at radius 1 is 1.08 bits per heavy atom. The summed E-state index contributed by atoms with van der Waals surface area (Å²) in [5.74, 6) is 0.861. The minimum Gasteiger partial charge on any atom is -0.456 e. The van der Waals surface area contributed by atoms with Gasteiger partial charge in [-0.15, -0.1) is 0 Å². The predicted molar refractivity (Wildman–Crippen MR) is 96.5 cm³/mol. The van der Waals surface area contributed by atoms with Gasteiger partial charge in [0.15, 0.2) is 0 Å². The molecule has 0 aromatic heterocycles. The SMILES string of the molecule is O=C1CCN(C(=O)c2ccc(Oc3cccc(Cl)c3Cl)cc2)CCN1. The molecular formula is C18H16Cl2N2O3. The highest BCUT2D eigenvalue weighted by Gasteiger charge is 2.19. The summed E-state index contributed by atoms with van der Waals surface area (Å²) in [6.07, 6.45) is 0.320. The van der Waals surface area contributed by atoms with E-state index in [2.05, 4.69) is 5.32 Å². The Morgan fingerprint density at radius 3 is 2.60 bits per heavy atom. The molecule has 1 saturated heterocycles. The first-order valence-electron chi connectivity index (χ1n) is 7.82. The molecule has 25 heavy (non-hydrogen) atoms. The van der Waals surface area contributed by atoms with E-state index in [0.717, 1.165) is 0 Å². The lowest BCUT2D eigenvalue weighted by molar-refractivity contribution is -0.120. The van der Waals surface area contributed by atoms with Crippen molar-refractivity contribution in [1.82, 2.24) is 10.2 Å². The van der Waals surface area contributed by atoms with Crippen LogP contribution in [0.3, 0.4) is 0 Å². The molecule has 1 N–H and O–H groups in total. The first-order valence-corrected chi connectivity index (χ1v) is 8.58. The van der Waals surface area contributed by atoms with Crippen molar-refractivity contribution in [3.8, 4) is 11.5 Å². The van der Waals surface area contributed by atoms with Crippen LogP contribution in [-0.2, 0) is 4.79 Å². The van der Waals surface area contributed by atoms with Crippen LogP contribution in [0.2, 0.25) is 10.0 Å². The Morgan fingerprint density at radius 2 is 1.84 bits per heavy atom. The van der Waals surface area contributed by atoms with Crippen molar-refractivity contribution in [3.63, 3.8) is 0 Å². The zero-order valence-electron chi connectivity index (χ0n) is 13.3. The standard InChI is InChI=1S/C18H16Cl2N2O3/c19-14-2-1-3-15(17(14)20)25-13-6-4-12(5-7-13)18(24)22-10-8-16(23)21-9-11-22/h1-7H,8-11H2,(H,21,23). The highest BCUT2D eigenvalue weighted by atomic mass is 35.5. The number of ether oxygens (including phenoxy) is 1. The second-order valence-electron chi connectivity index (χ2n) is 5.57. The Kier molecular flexibility index (Phi) is 5.46. The van der Waals surface area contributed by atoms with Gasteiger partial charge < -0.3 is 15.0 Å². The van der Waals surface area contributed by atoms with E-state index in [4.69, 9.17) is 27.9 Å². The fourth-order valence-electron chi connectivity index (χ4n) is 2.51. The van der Waals surface area contributed by atoms with Crippen LogP contribution in [0.5, 0.6) is 11.5 Å². The summed E-state index contributed by atoms with van der Waals surface area (Å²) < 4.78 is 5.71. The van der Waals surface area contributed by atoms with Crippen molar-refractivity contribution in [2.75, 3.05) is 19.6 Å². The van der Waals surface area contributed by atoms with E-state index in [1.165, 1.54) is 0 Å². The summed E-state index contributed by atoms with van der Waals surface area (Å²) in [4.78, 5) is 25.6. The fraction of sp³-hybridized carbons (Fsp3) is 0.222. The maximum atomic E-state index is 12.5. The molecule has 7 heteroatoms. The van der Waals surface area contributed by atoms with Crippen molar-refractivity contribution in [2.24, 2.45) is 0 Å². The smallest absolute Gasteiger partial charge is 0.253 e. The molecule has 0 atom stereocenters. The molecule has 3 rings (SSSR count). The largest absolute Gasteiger partial charge is 0.456 e. The minimum atomic E-state index is -0.108. The molecule has 0 aliphatic carbocycles. The zero-order valence-corrected chi connectivity index (χ0v) is 14.8. The van der Waals surface area contributed by atoms with Crippen molar-refractivity contribution < 1.29 is 14.3 Å². The fourth-order valence-corrected chi connectivity index (χ4v) is 2.84. The van der Waals surface area contributed by atoms with Gasteiger partial charge in [0.25, 0.3) is 5.91 Å². The van der Waals surface area contributed by atoms with Crippen LogP contribution in [0.25, 0.3) is 0 Å². The number of nitrogens with zero attached hydrogens (tertiary/aromatic N) is 1. The van der Waals surface area contributed by atoms with Crippen molar-refractivity contribution >= 4 is 35.0 Å². The Balaban J connectivity index is 1.70. The van der Waals surface area contributed by atoms with Crippen molar-refractivity contribution in [1.29, 1.82) is 0 Å². The number of nitrogens with one attached hydrogen (secondary N) is 1. The molecular weight excluding hydrogens is 363 g/mol. The molecule has 0 saturated carbocycles. The highest BCUT2D eigenvalue weighted by Crippen LogP contribution is 2.34. The number of halogens is 2. The summed E-state index contributed by atoms with van der Waals surface area (Å²) in [6, 6.07) is 11.9. The van der Waals surface area contributed by atoms with Crippen molar-refractivity contribution in [3.05, 3.63) is 58.1 Å². The topological polar surface area (TPSA) is 58.6 Å². The molecule has 2 aromatic rings. The maximum absolute atomic E-state index is 12.5. The van der Waals surface area contributed by atoms with E-state index in [9.17, 15) is 9.59 Å². The third-order valence-electron chi connectivity index (χ3n) is 3.85. The lowest BCUT2D eigenvalue weighted by atomic mass is 10.2. The number of hydrogen-bond donors (Lipinski definition) is 1. The van der Waals surface area contributed by atoms with E-state index in [1.54, 1.807) is 47.4 Å². The molecule has 0 bridgehead atoms. The van der Waals surface area contributed by atoms with E-state index in [-0.39, 0.29) is 11.8 Å². The Bertz CT molecular complexity index is 793. The molecule has 2 aromatic carbocycles. The Hall–Kier alpha value is -2.24. The minimum absolute atomic E-state index is 0.0301. The van der Waals surface area contributed by atoms with E-state index < -0.39 is 0 Å². The lowest BCUT2D eigenvalue weighted by Gasteiger charge is -2.19. The molecule has 1 fully saturated rings. The third-order valence-corrected chi connectivity index (χ3v) is 4.65. The summed E-state index contributed by atoms with van der Waals surface area (Å²) in [5.41, 5.74) is 0.541. The zero-order chi connectivity index (χ0) is 17.8. The normalized spacial score (nSPS) is 14.6. The van der Waals surface area contributed by atoms with Gasteiger partial charge in [-0.3, -0.25) is 9.59 Å². The number of carbonyl (C=O) groups is 2. The molecule has 1 heterocycles. The molecule has 0 spiro atoms. The Labute approximate surface area is 155 Å². The molecule has 2 amide bonds. The van der Waals surface area contributed by atoms with Gasteiger partial charge in [-0.1, -0.05) is 29.3 Å². The number of carbonyl (C=O) groups excluding carboxylic acids is 2. The van der Waals surface area contributed by atoms with Crippen LogP contribution in [0.4, 0.5) is 0 Å². The average molecular weight is 379 g/mol. The van der Waals surface area contributed by atoms with Gasteiger partial charge in [-0.2, -0.15) is 0 Å².